The molecule has 0 aliphatic heterocycles. The molecule has 0 radical (unpaired) electrons. The monoisotopic (exact) mass is 278 g/mol. The number of hydrogen-bond donors (Lipinski definition) is 2. The normalized spacial score (nSPS) is 17.2. The molecule has 0 bridgehead atoms. The Hall–Kier alpha value is -1.29. The lowest BCUT2D eigenvalue weighted by Crippen LogP contribution is -2.25. The molecule has 3 nitrogen and oxygen atoms in total. The molecule has 1 unspecified atom stereocenters. The van der Waals surface area contributed by atoms with Crippen molar-refractivity contribution in [2.75, 3.05) is 12.4 Å². The lowest BCUT2D eigenvalue weighted by molar-refractivity contribution is 0.414. The molecule has 1 aromatic rings. The number of nitrogens with two attached hydrogens (primary N) is 1. The van der Waals surface area contributed by atoms with E-state index in [1.54, 1.807) is 7.11 Å². The van der Waals surface area contributed by atoms with Crippen LogP contribution in [0.5, 0.6) is 5.75 Å². The van der Waals surface area contributed by atoms with E-state index in [1.807, 2.05) is 18.2 Å². The molecule has 0 aromatic heterocycles. The summed E-state index contributed by atoms with van der Waals surface area (Å²) in [6, 6.07) is 6.22. The lowest BCUT2D eigenvalue weighted by atomic mass is 9.99. The maximum absolute atomic E-state index is 5.79. The number of methoxy groups -OCH3 is 1. The Morgan fingerprint density at radius 1 is 1.42 bits per heavy atom. The summed E-state index contributed by atoms with van der Waals surface area (Å²) in [7, 11) is 1.67. The molecule has 1 saturated carbocycles. The van der Waals surface area contributed by atoms with Gasteiger partial charge in [0.15, 0.2) is 0 Å². The molecular weight excluding hydrogens is 256 g/mol. The zero-order valence-corrected chi connectivity index (χ0v) is 12.4. The van der Waals surface area contributed by atoms with Gasteiger partial charge in [-0.1, -0.05) is 25.1 Å². The van der Waals surface area contributed by atoms with Crippen LogP contribution in [0.1, 0.15) is 38.2 Å². The second-order valence-corrected chi connectivity index (χ2v) is 5.69. The molecule has 1 aliphatic rings. The number of rotatable bonds is 5. The SMILES string of the molecule is COc1ccc(C(N)=S)c(NC(C)C2CCCC2)c1. The molecule has 0 saturated heterocycles. The van der Waals surface area contributed by atoms with Crippen LogP contribution in [0.4, 0.5) is 5.69 Å². The maximum atomic E-state index is 5.79. The van der Waals surface area contributed by atoms with Gasteiger partial charge in [0.1, 0.15) is 10.7 Å². The summed E-state index contributed by atoms with van der Waals surface area (Å²) < 4.78 is 5.27. The zero-order chi connectivity index (χ0) is 13.8. The van der Waals surface area contributed by atoms with Gasteiger partial charge in [0.25, 0.3) is 0 Å². The third kappa shape index (κ3) is 3.38. The van der Waals surface area contributed by atoms with E-state index < -0.39 is 0 Å². The Kier molecular flexibility index (Phi) is 4.64. The van der Waals surface area contributed by atoms with Crippen molar-refractivity contribution in [3.05, 3.63) is 23.8 Å². The van der Waals surface area contributed by atoms with Gasteiger partial charge in [-0.25, -0.2) is 0 Å². The topological polar surface area (TPSA) is 47.3 Å². The van der Waals surface area contributed by atoms with Crippen LogP contribution in [0.2, 0.25) is 0 Å². The quantitative estimate of drug-likeness (QED) is 0.811. The molecule has 4 heteroatoms. The zero-order valence-electron chi connectivity index (χ0n) is 11.6. The van der Waals surface area contributed by atoms with E-state index in [0.717, 1.165) is 22.9 Å². The third-order valence-electron chi connectivity index (χ3n) is 3.98. The molecule has 1 aromatic carbocycles. The number of ether oxygens (including phenoxy) is 1. The summed E-state index contributed by atoms with van der Waals surface area (Å²) in [6.07, 6.45) is 5.30. The van der Waals surface area contributed by atoms with Gasteiger partial charge >= 0.3 is 0 Å². The van der Waals surface area contributed by atoms with Crippen molar-refractivity contribution in [2.24, 2.45) is 11.7 Å². The van der Waals surface area contributed by atoms with Gasteiger partial charge < -0.3 is 15.8 Å². The largest absolute Gasteiger partial charge is 0.497 e. The number of nitrogens with one attached hydrogen (secondary N) is 1. The minimum atomic E-state index is 0.420. The van der Waals surface area contributed by atoms with Crippen molar-refractivity contribution in [2.45, 2.75) is 38.6 Å². The predicted octanol–water partition coefficient (Wildman–Crippen LogP) is 3.32. The van der Waals surface area contributed by atoms with E-state index in [1.165, 1.54) is 25.7 Å². The highest BCUT2D eigenvalue weighted by atomic mass is 32.1. The minimum absolute atomic E-state index is 0.420. The Labute approximate surface area is 120 Å². The molecular formula is C15H22N2OS. The summed E-state index contributed by atoms with van der Waals surface area (Å²) in [4.78, 5) is 0.420. The van der Waals surface area contributed by atoms with E-state index in [2.05, 4.69) is 12.2 Å². The molecule has 0 heterocycles. The van der Waals surface area contributed by atoms with Crippen LogP contribution < -0.4 is 15.8 Å². The first-order valence-electron chi connectivity index (χ1n) is 6.86. The summed E-state index contributed by atoms with van der Waals surface area (Å²) in [6.45, 7) is 2.23. The van der Waals surface area contributed by atoms with E-state index in [4.69, 9.17) is 22.7 Å². The second-order valence-electron chi connectivity index (χ2n) is 5.25. The van der Waals surface area contributed by atoms with Gasteiger partial charge in [0.2, 0.25) is 0 Å². The molecule has 3 N–H and O–H groups in total. The van der Waals surface area contributed by atoms with Crippen LogP contribution in [-0.4, -0.2) is 18.1 Å². The molecule has 2 rings (SSSR count). The van der Waals surface area contributed by atoms with Crippen molar-refractivity contribution >= 4 is 22.9 Å². The van der Waals surface area contributed by atoms with Gasteiger partial charge in [-0.15, -0.1) is 0 Å². The highest BCUT2D eigenvalue weighted by Gasteiger charge is 2.22. The van der Waals surface area contributed by atoms with E-state index in [9.17, 15) is 0 Å². The van der Waals surface area contributed by atoms with E-state index in [-0.39, 0.29) is 0 Å². The van der Waals surface area contributed by atoms with E-state index in [0.29, 0.717) is 11.0 Å². The number of anilines is 1. The average Bonchev–Trinajstić information content (AvgIpc) is 2.92. The number of benzene rings is 1. The van der Waals surface area contributed by atoms with E-state index >= 15 is 0 Å². The van der Waals surface area contributed by atoms with Crippen LogP contribution in [0.15, 0.2) is 18.2 Å². The fourth-order valence-corrected chi connectivity index (χ4v) is 2.98. The van der Waals surface area contributed by atoms with Crippen molar-refractivity contribution in [1.82, 2.24) is 0 Å². The predicted molar refractivity (Wildman–Crippen MR) is 83.9 cm³/mol. The van der Waals surface area contributed by atoms with Gasteiger partial charge in [-0.3, -0.25) is 0 Å². The molecule has 1 aliphatic carbocycles. The third-order valence-corrected chi connectivity index (χ3v) is 4.20. The molecule has 19 heavy (non-hydrogen) atoms. The van der Waals surface area contributed by atoms with Crippen molar-refractivity contribution in [3.8, 4) is 5.75 Å². The number of hydrogen-bond acceptors (Lipinski definition) is 3. The first-order chi connectivity index (χ1) is 9.11. The lowest BCUT2D eigenvalue weighted by Gasteiger charge is -2.23. The summed E-state index contributed by atoms with van der Waals surface area (Å²) >= 11 is 5.11. The first kappa shape index (κ1) is 14.1. The smallest absolute Gasteiger partial charge is 0.120 e. The maximum Gasteiger partial charge on any atom is 0.120 e. The molecule has 104 valence electrons. The van der Waals surface area contributed by atoms with Crippen LogP contribution in [0.3, 0.4) is 0 Å². The Morgan fingerprint density at radius 2 is 2.11 bits per heavy atom. The van der Waals surface area contributed by atoms with Gasteiger partial charge in [0.05, 0.1) is 7.11 Å². The molecule has 1 fully saturated rings. The Morgan fingerprint density at radius 3 is 2.68 bits per heavy atom. The van der Waals surface area contributed by atoms with Crippen molar-refractivity contribution in [1.29, 1.82) is 0 Å². The van der Waals surface area contributed by atoms with Gasteiger partial charge in [-0.2, -0.15) is 0 Å². The first-order valence-corrected chi connectivity index (χ1v) is 7.27. The Bertz CT molecular complexity index is 455. The summed E-state index contributed by atoms with van der Waals surface area (Å²) in [5.41, 5.74) is 7.65. The average molecular weight is 278 g/mol. The van der Waals surface area contributed by atoms with Gasteiger partial charge in [-0.05, 0) is 37.8 Å². The highest BCUT2D eigenvalue weighted by molar-refractivity contribution is 7.80. The molecule has 0 spiro atoms. The Balaban J connectivity index is 2.18. The van der Waals surface area contributed by atoms with Crippen LogP contribution >= 0.6 is 12.2 Å². The number of thiocarbonyl (C=S) groups is 1. The molecule has 1 atom stereocenters. The standard InChI is InChI=1S/C15H22N2OS/c1-10(11-5-3-4-6-11)17-14-9-12(18-2)7-8-13(14)15(16)19/h7-11,17H,3-6H2,1-2H3,(H2,16,19). The second kappa shape index (κ2) is 6.24. The van der Waals surface area contributed by atoms with Crippen LogP contribution in [-0.2, 0) is 0 Å². The van der Waals surface area contributed by atoms with Gasteiger partial charge in [0, 0.05) is 23.4 Å². The summed E-state index contributed by atoms with van der Waals surface area (Å²) in [5, 5.41) is 3.56. The summed E-state index contributed by atoms with van der Waals surface area (Å²) in [5.74, 6) is 1.56. The fourth-order valence-electron chi connectivity index (χ4n) is 2.81. The van der Waals surface area contributed by atoms with Crippen molar-refractivity contribution in [3.63, 3.8) is 0 Å². The van der Waals surface area contributed by atoms with Crippen molar-refractivity contribution < 1.29 is 4.74 Å². The highest BCUT2D eigenvalue weighted by Crippen LogP contribution is 2.31. The minimum Gasteiger partial charge on any atom is -0.497 e. The van der Waals surface area contributed by atoms with Crippen LogP contribution in [0, 0.1) is 5.92 Å². The van der Waals surface area contributed by atoms with Crippen LogP contribution in [0.25, 0.3) is 0 Å². The fraction of sp³-hybridized carbons (Fsp3) is 0.533. The molecule has 0 amide bonds.